The molecule has 0 radical (unpaired) electrons. The number of benzene rings is 2. The van der Waals surface area contributed by atoms with Crippen LogP contribution in [-0.2, 0) is 9.47 Å². The first-order valence-electron chi connectivity index (χ1n) is 9.38. The maximum Gasteiger partial charge on any atom is 0.414 e. The Hall–Kier alpha value is -3.88. The van der Waals surface area contributed by atoms with E-state index < -0.39 is 12.1 Å². The smallest absolute Gasteiger partial charge is 0.414 e. The number of carbonyl (C=O) groups excluding carboxylic acids is 2. The highest BCUT2D eigenvalue weighted by Crippen LogP contribution is 2.21. The van der Waals surface area contributed by atoms with E-state index in [1.54, 1.807) is 69.3 Å². The summed E-state index contributed by atoms with van der Waals surface area (Å²) in [5, 5.41) is 11.0. The molecular formula is C21H22N4O5. The minimum absolute atomic E-state index is 0.0926. The number of fused-ring (bicyclic) bond motifs is 1. The van der Waals surface area contributed by atoms with Gasteiger partial charge in [0.2, 0.25) is 5.95 Å². The third-order valence-corrected chi connectivity index (χ3v) is 3.90. The number of carbonyl (C=O) groups is 2. The Labute approximate surface area is 173 Å². The lowest BCUT2D eigenvalue weighted by atomic mass is 10.2. The van der Waals surface area contributed by atoms with Gasteiger partial charge in [-0.1, -0.05) is 12.1 Å². The van der Waals surface area contributed by atoms with Crippen molar-refractivity contribution in [2.24, 2.45) is 0 Å². The Kier molecular flexibility index (Phi) is 6.31. The van der Waals surface area contributed by atoms with Crippen LogP contribution >= 0.6 is 0 Å². The molecule has 0 spiro atoms. The average molecular weight is 410 g/mol. The normalized spacial score (nSPS) is 10.7. The van der Waals surface area contributed by atoms with Crippen molar-refractivity contribution in [3.63, 3.8) is 0 Å². The fourth-order valence-electron chi connectivity index (χ4n) is 2.68. The van der Waals surface area contributed by atoms with E-state index in [2.05, 4.69) is 10.3 Å². The summed E-state index contributed by atoms with van der Waals surface area (Å²) in [6, 6.07) is 13.0. The number of anilines is 1. The molecule has 0 atom stereocenters. The van der Waals surface area contributed by atoms with E-state index in [-0.39, 0.29) is 24.7 Å². The van der Waals surface area contributed by atoms with Crippen molar-refractivity contribution in [1.82, 2.24) is 9.55 Å². The van der Waals surface area contributed by atoms with Gasteiger partial charge in [0.1, 0.15) is 5.75 Å². The molecule has 30 heavy (non-hydrogen) atoms. The van der Waals surface area contributed by atoms with Gasteiger partial charge >= 0.3 is 18.1 Å². The first kappa shape index (κ1) is 20.8. The van der Waals surface area contributed by atoms with Gasteiger partial charge in [-0.15, -0.1) is 0 Å². The first-order chi connectivity index (χ1) is 14.4. The van der Waals surface area contributed by atoms with Crippen LogP contribution in [0.15, 0.2) is 48.5 Å². The molecule has 0 aliphatic rings. The van der Waals surface area contributed by atoms with Gasteiger partial charge in [-0.25, -0.2) is 19.1 Å². The summed E-state index contributed by atoms with van der Waals surface area (Å²) >= 11 is 0. The van der Waals surface area contributed by atoms with Crippen molar-refractivity contribution in [2.75, 3.05) is 11.9 Å². The molecule has 3 rings (SSSR count). The zero-order valence-corrected chi connectivity index (χ0v) is 16.8. The molecule has 0 bridgehead atoms. The molecule has 2 N–H and O–H groups in total. The molecule has 0 aliphatic heterocycles. The number of para-hydroxylation sites is 2. The molecule has 156 valence electrons. The van der Waals surface area contributed by atoms with Gasteiger partial charge in [0, 0.05) is 0 Å². The quantitative estimate of drug-likeness (QED) is 0.373. The molecule has 1 amide bonds. The lowest BCUT2D eigenvalue weighted by molar-refractivity contribution is 0.0526. The van der Waals surface area contributed by atoms with Crippen LogP contribution in [0.1, 0.15) is 31.1 Å². The standard InChI is InChI=1S/C21H22N4O5/c1-4-28-18(26)14-9-11-15(12-10-14)30-19(22)25-17-8-6-5-7-16(17)23-20(25)24-21(27)29-13(2)3/h5-13,22H,4H2,1-3H3,(H,23,24,27). The van der Waals surface area contributed by atoms with E-state index in [0.29, 0.717) is 22.3 Å². The third-order valence-electron chi connectivity index (χ3n) is 3.90. The summed E-state index contributed by atoms with van der Waals surface area (Å²) in [4.78, 5) is 28.2. The van der Waals surface area contributed by atoms with Crippen LogP contribution < -0.4 is 10.1 Å². The number of nitrogens with zero attached hydrogens (tertiary/aromatic N) is 2. The van der Waals surface area contributed by atoms with Gasteiger partial charge in [0.15, 0.2) is 0 Å². The lowest BCUT2D eigenvalue weighted by Crippen LogP contribution is -2.24. The molecule has 1 heterocycles. The summed E-state index contributed by atoms with van der Waals surface area (Å²) in [5.41, 5.74) is 1.52. The molecule has 3 aromatic rings. The van der Waals surface area contributed by atoms with Crippen molar-refractivity contribution < 1.29 is 23.8 Å². The fourth-order valence-corrected chi connectivity index (χ4v) is 2.68. The summed E-state index contributed by atoms with van der Waals surface area (Å²) in [5.74, 6) is -0.00795. The van der Waals surface area contributed by atoms with Crippen LogP contribution in [0.3, 0.4) is 0 Å². The Balaban J connectivity index is 1.85. The van der Waals surface area contributed by atoms with E-state index in [1.165, 1.54) is 4.57 Å². The number of esters is 1. The van der Waals surface area contributed by atoms with Gasteiger partial charge < -0.3 is 14.2 Å². The highest BCUT2D eigenvalue weighted by Gasteiger charge is 2.19. The predicted octanol–water partition coefficient (Wildman–Crippen LogP) is 4.03. The minimum atomic E-state index is -0.687. The largest absolute Gasteiger partial charge is 0.462 e. The molecule has 0 saturated heterocycles. The fraction of sp³-hybridized carbons (Fsp3) is 0.238. The van der Waals surface area contributed by atoms with Gasteiger partial charge in [-0.3, -0.25) is 10.7 Å². The van der Waals surface area contributed by atoms with Crippen molar-refractivity contribution in [1.29, 1.82) is 5.41 Å². The predicted molar refractivity (Wildman–Crippen MR) is 111 cm³/mol. The molecule has 0 saturated carbocycles. The van der Waals surface area contributed by atoms with Crippen molar-refractivity contribution in [3.05, 3.63) is 54.1 Å². The zero-order valence-electron chi connectivity index (χ0n) is 16.8. The number of hydrogen-bond donors (Lipinski definition) is 2. The highest BCUT2D eigenvalue weighted by atomic mass is 16.6. The SMILES string of the molecule is CCOC(=O)c1ccc(OC(=N)n2c(NC(=O)OC(C)C)nc3ccccc32)cc1. The van der Waals surface area contributed by atoms with Crippen LogP contribution in [0.4, 0.5) is 10.7 Å². The number of rotatable bonds is 5. The molecule has 0 fully saturated rings. The van der Waals surface area contributed by atoms with Gasteiger partial charge in [-0.05, 0) is 57.2 Å². The Morgan fingerprint density at radius 1 is 1.13 bits per heavy atom. The maximum absolute atomic E-state index is 12.0. The second-order valence-corrected chi connectivity index (χ2v) is 6.49. The van der Waals surface area contributed by atoms with E-state index >= 15 is 0 Å². The molecule has 9 nitrogen and oxygen atoms in total. The molecular weight excluding hydrogens is 388 g/mol. The number of aromatic nitrogens is 2. The number of ether oxygens (including phenoxy) is 3. The van der Waals surface area contributed by atoms with Crippen LogP contribution in [-0.4, -0.2) is 40.3 Å². The van der Waals surface area contributed by atoms with Gasteiger partial charge in [0.05, 0.1) is 29.3 Å². The second-order valence-electron chi connectivity index (χ2n) is 6.49. The van der Waals surface area contributed by atoms with Crippen molar-refractivity contribution in [2.45, 2.75) is 26.9 Å². The third kappa shape index (κ3) is 4.75. The maximum atomic E-state index is 12.0. The summed E-state index contributed by atoms with van der Waals surface area (Å²) in [6.07, 6.45) is -0.996. The van der Waals surface area contributed by atoms with Crippen LogP contribution in [0.25, 0.3) is 11.0 Å². The number of hydrogen-bond acceptors (Lipinski definition) is 7. The van der Waals surface area contributed by atoms with Crippen molar-refractivity contribution >= 4 is 35.1 Å². The van der Waals surface area contributed by atoms with Crippen LogP contribution in [0.2, 0.25) is 0 Å². The first-order valence-corrected chi connectivity index (χ1v) is 9.38. The van der Waals surface area contributed by atoms with Crippen LogP contribution in [0.5, 0.6) is 5.75 Å². The molecule has 2 aromatic carbocycles. The number of amides is 1. The van der Waals surface area contributed by atoms with Gasteiger partial charge in [-0.2, -0.15) is 0 Å². The molecule has 9 heteroatoms. The van der Waals surface area contributed by atoms with E-state index in [4.69, 9.17) is 19.6 Å². The number of nitrogens with one attached hydrogen (secondary N) is 2. The Morgan fingerprint density at radius 3 is 2.50 bits per heavy atom. The zero-order chi connectivity index (χ0) is 21.7. The Morgan fingerprint density at radius 2 is 1.83 bits per heavy atom. The van der Waals surface area contributed by atoms with E-state index in [0.717, 1.165) is 0 Å². The van der Waals surface area contributed by atoms with E-state index in [9.17, 15) is 9.59 Å². The number of imidazole rings is 1. The second kappa shape index (κ2) is 9.08. The van der Waals surface area contributed by atoms with Crippen LogP contribution in [0, 0.1) is 5.41 Å². The lowest BCUT2D eigenvalue weighted by Gasteiger charge is -2.13. The monoisotopic (exact) mass is 410 g/mol. The Bertz CT molecular complexity index is 1070. The van der Waals surface area contributed by atoms with E-state index in [1.807, 2.05) is 0 Å². The minimum Gasteiger partial charge on any atom is -0.462 e. The summed E-state index contributed by atoms with van der Waals surface area (Å²) in [6.45, 7) is 5.47. The summed E-state index contributed by atoms with van der Waals surface area (Å²) in [7, 11) is 0. The molecule has 1 aromatic heterocycles. The average Bonchev–Trinajstić information content (AvgIpc) is 3.05. The molecule has 0 unspecified atom stereocenters. The topological polar surface area (TPSA) is 116 Å². The van der Waals surface area contributed by atoms with Crippen molar-refractivity contribution in [3.8, 4) is 5.75 Å². The summed E-state index contributed by atoms with van der Waals surface area (Å²) < 4.78 is 17.0. The van der Waals surface area contributed by atoms with Gasteiger partial charge in [0.25, 0.3) is 0 Å². The highest BCUT2D eigenvalue weighted by molar-refractivity contribution is 5.96. The molecule has 0 aliphatic carbocycles.